The Labute approximate surface area is 136 Å². The molecule has 0 saturated carbocycles. The molecule has 3 nitrogen and oxygen atoms in total. The van der Waals surface area contributed by atoms with Gasteiger partial charge in [0.2, 0.25) is 5.91 Å². The van der Waals surface area contributed by atoms with Gasteiger partial charge in [-0.1, -0.05) is 26.0 Å². The van der Waals surface area contributed by atoms with Crippen LogP contribution in [0.25, 0.3) is 0 Å². The highest BCUT2D eigenvalue weighted by molar-refractivity contribution is 7.98. The zero-order valence-electron chi connectivity index (χ0n) is 12.7. The van der Waals surface area contributed by atoms with E-state index in [1.54, 1.807) is 23.9 Å². The molecule has 1 amide bonds. The Morgan fingerprint density at radius 1 is 1.38 bits per heavy atom. The molecule has 1 aromatic rings. The maximum absolute atomic E-state index is 12.9. The van der Waals surface area contributed by atoms with Crippen molar-refractivity contribution in [1.29, 1.82) is 0 Å². The standard InChI is InChI=1S/C15H23FN2OS.ClH/c1-15(2,11-4-6-12(16)7-5-11)10-18-14(19)13(17)8-9-20-3;/h4-7,13H,8-10,17H2,1-3H3,(H,18,19);1H/t13-;/m0./s1. The van der Waals surface area contributed by atoms with Crippen molar-refractivity contribution in [2.45, 2.75) is 31.7 Å². The average Bonchev–Trinajstić information content (AvgIpc) is 2.42. The summed E-state index contributed by atoms with van der Waals surface area (Å²) in [6.07, 6.45) is 2.66. The summed E-state index contributed by atoms with van der Waals surface area (Å²) in [5.74, 6) is 0.484. The van der Waals surface area contributed by atoms with E-state index in [2.05, 4.69) is 5.32 Å². The van der Waals surface area contributed by atoms with Crippen LogP contribution in [-0.2, 0) is 10.2 Å². The van der Waals surface area contributed by atoms with Crippen molar-refractivity contribution >= 4 is 30.1 Å². The molecule has 0 aliphatic rings. The van der Waals surface area contributed by atoms with Crippen molar-refractivity contribution in [3.05, 3.63) is 35.6 Å². The van der Waals surface area contributed by atoms with Crippen LogP contribution in [0.1, 0.15) is 25.8 Å². The van der Waals surface area contributed by atoms with Crippen LogP contribution in [0.15, 0.2) is 24.3 Å². The van der Waals surface area contributed by atoms with Gasteiger partial charge in [0.25, 0.3) is 0 Å². The minimum atomic E-state index is -0.466. The number of thioether (sulfide) groups is 1. The first-order valence-corrected chi connectivity index (χ1v) is 8.04. The van der Waals surface area contributed by atoms with Gasteiger partial charge in [-0.05, 0) is 36.1 Å². The second kappa shape index (κ2) is 9.28. The number of nitrogens with two attached hydrogens (primary N) is 1. The zero-order valence-corrected chi connectivity index (χ0v) is 14.3. The predicted molar refractivity (Wildman–Crippen MR) is 90.7 cm³/mol. The molecule has 6 heteroatoms. The van der Waals surface area contributed by atoms with E-state index in [4.69, 9.17) is 5.73 Å². The number of amides is 1. The Morgan fingerprint density at radius 3 is 2.48 bits per heavy atom. The highest BCUT2D eigenvalue weighted by atomic mass is 35.5. The molecule has 1 atom stereocenters. The second-order valence-corrected chi connectivity index (χ2v) is 6.48. The summed E-state index contributed by atoms with van der Waals surface area (Å²) in [6, 6.07) is 5.89. The number of halogens is 2. The highest BCUT2D eigenvalue weighted by Crippen LogP contribution is 2.22. The Balaban J connectivity index is 0.00000400. The number of nitrogens with one attached hydrogen (secondary N) is 1. The van der Waals surface area contributed by atoms with Crippen LogP contribution in [0.2, 0.25) is 0 Å². The van der Waals surface area contributed by atoms with E-state index in [9.17, 15) is 9.18 Å². The van der Waals surface area contributed by atoms with Gasteiger partial charge in [0, 0.05) is 12.0 Å². The Kier molecular flexibility index (Phi) is 8.94. The molecule has 0 aliphatic heterocycles. The SMILES string of the molecule is CSCC[C@H](N)C(=O)NCC(C)(C)c1ccc(F)cc1.Cl. The van der Waals surface area contributed by atoms with E-state index in [1.807, 2.05) is 20.1 Å². The Morgan fingerprint density at radius 2 is 1.95 bits per heavy atom. The van der Waals surface area contributed by atoms with E-state index in [-0.39, 0.29) is 29.5 Å². The molecule has 0 unspecified atom stereocenters. The molecule has 0 heterocycles. The quantitative estimate of drug-likeness (QED) is 0.806. The van der Waals surface area contributed by atoms with Crippen molar-refractivity contribution in [2.75, 3.05) is 18.6 Å². The summed E-state index contributed by atoms with van der Waals surface area (Å²) in [5.41, 5.74) is 6.54. The number of carbonyl (C=O) groups excluding carboxylic acids is 1. The lowest BCUT2D eigenvalue weighted by atomic mass is 9.84. The summed E-state index contributed by atoms with van der Waals surface area (Å²) in [7, 11) is 0. The molecule has 1 aromatic carbocycles. The molecular weight excluding hydrogens is 311 g/mol. The summed E-state index contributed by atoms with van der Waals surface area (Å²) in [6.45, 7) is 4.49. The Bertz CT molecular complexity index is 440. The fourth-order valence-electron chi connectivity index (χ4n) is 1.82. The number of benzene rings is 1. The summed E-state index contributed by atoms with van der Waals surface area (Å²) in [4.78, 5) is 11.9. The van der Waals surface area contributed by atoms with Crippen LogP contribution in [0.4, 0.5) is 4.39 Å². The molecule has 0 spiro atoms. The zero-order chi connectivity index (χ0) is 15.2. The van der Waals surface area contributed by atoms with Crippen LogP contribution in [0.3, 0.4) is 0 Å². The van der Waals surface area contributed by atoms with E-state index < -0.39 is 6.04 Å². The van der Waals surface area contributed by atoms with Gasteiger partial charge in [-0.2, -0.15) is 11.8 Å². The van der Waals surface area contributed by atoms with Gasteiger partial charge >= 0.3 is 0 Å². The van der Waals surface area contributed by atoms with Gasteiger partial charge in [-0.25, -0.2) is 4.39 Å². The molecular formula is C15H24ClFN2OS. The highest BCUT2D eigenvalue weighted by Gasteiger charge is 2.23. The normalized spacial score (nSPS) is 12.4. The number of rotatable bonds is 7. The average molecular weight is 335 g/mol. The third kappa shape index (κ3) is 6.68. The lowest BCUT2D eigenvalue weighted by Gasteiger charge is -2.26. The fraction of sp³-hybridized carbons (Fsp3) is 0.533. The molecule has 0 fully saturated rings. The second-order valence-electron chi connectivity index (χ2n) is 5.50. The van der Waals surface area contributed by atoms with Gasteiger partial charge in [0.1, 0.15) is 5.82 Å². The lowest BCUT2D eigenvalue weighted by molar-refractivity contribution is -0.122. The lowest BCUT2D eigenvalue weighted by Crippen LogP contribution is -2.45. The first kappa shape index (κ1) is 20.2. The summed E-state index contributed by atoms with van der Waals surface area (Å²) in [5, 5.41) is 2.88. The van der Waals surface area contributed by atoms with Crippen molar-refractivity contribution < 1.29 is 9.18 Å². The van der Waals surface area contributed by atoms with E-state index in [1.165, 1.54) is 12.1 Å². The number of carbonyl (C=O) groups is 1. The smallest absolute Gasteiger partial charge is 0.236 e. The monoisotopic (exact) mass is 334 g/mol. The van der Waals surface area contributed by atoms with Gasteiger partial charge in [0.05, 0.1) is 6.04 Å². The maximum atomic E-state index is 12.9. The summed E-state index contributed by atoms with van der Waals surface area (Å²) < 4.78 is 12.9. The summed E-state index contributed by atoms with van der Waals surface area (Å²) >= 11 is 1.67. The van der Waals surface area contributed by atoms with Crippen LogP contribution in [0.5, 0.6) is 0 Å². The maximum Gasteiger partial charge on any atom is 0.236 e. The molecule has 21 heavy (non-hydrogen) atoms. The van der Waals surface area contributed by atoms with Crippen LogP contribution in [-0.4, -0.2) is 30.5 Å². The molecule has 0 aliphatic carbocycles. The van der Waals surface area contributed by atoms with Crippen LogP contribution >= 0.6 is 24.2 Å². The van der Waals surface area contributed by atoms with Crippen molar-refractivity contribution in [1.82, 2.24) is 5.32 Å². The number of hydrogen-bond acceptors (Lipinski definition) is 3. The van der Waals surface area contributed by atoms with E-state index in [0.717, 1.165) is 11.3 Å². The van der Waals surface area contributed by atoms with Gasteiger partial charge in [-0.15, -0.1) is 12.4 Å². The molecule has 0 bridgehead atoms. The van der Waals surface area contributed by atoms with Gasteiger partial charge in [-0.3, -0.25) is 4.79 Å². The topological polar surface area (TPSA) is 55.1 Å². The molecule has 1 rings (SSSR count). The van der Waals surface area contributed by atoms with Gasteiger partial charge in [0.15, 0.2) is 0 Å². The van der Waals surface area contributed by atoms with Crippen molar-refractivity contribution in [2.24, 2.45) is 5.73 Å². The van der Waals surface area contributed by atoms with Crippen molar-refractivity contribution in [3.8, 4) is 0 Å². The van der Waals surface area contributed by atoms with Crippen LogP contribution < -0.4 is 11.1 Å². The third-order valence-electron chi connectivity index (χ3n) is 3.30. The van der Waals surface area contributed by atoms with E-state index >= 15 is 0 Å². The van der Waals surface area contributed by atoms with E-state index in [0.29, 0.717) is 13.0 Å². The molecule has 120 valence electrons. The third-order valence-corrected chi connectivity index (χ3v) is 3.94. The first-order chi connectivity index (χ1) is 9.36. The molecule has 0 saturated heterocycles. The Hall–Kier alpha value is -0.780. The predicted octanol–water partition coefficient (Wildman–Crippen LogP) is 2.72. The molecule has 0 radical (unpaired) electrons. The van der Waals surface area contributed by atoms with Crippen LogP contribution in [0, 0.1) is 5.82 Å². The van der Waals surface area contributed by atoms with Gasteiger partial charge < -0.3 is 11.1 Å². The molecule has 0 aromatic heterocycles. The first-order valence-electron chi connectivity index (χ1n) is 6.65. The minimum Gasteiger partial charge on any atom is -0.354 e. The number of hydrogen-bond donors (Lipinski definition) is 2. The molecule has 3 N–H and O–H groups in total. The fourth-order valence-corrected chi connectivity index (χ4v) is 2.31. The minimum absolute atomic E-state index is 0. The van der Waals surface area contributed by atoms with Crippen molar-refractivity contribution in [3.63, 3.8) is 0 Å². The largest absolute Gasteiger partial charge is 0.354 e.